The lowest BCUT2D eigenvalue weighted by atomic mass is 9.80. The monoisotopic (exact) mass is 356 g/mol. The Labute approximate surface area is 154 Å². The van der Waals surface area contributed by atoms with Crippen molar-refractivity contribution in [2.45, 2.75) is 44.8 Å². The highest BCUT2D eigenvalue weighted by molar-refractivity contribution is 5.86. The minimum absolute atomic E-state index is 0.0811. The van der Waals surface area contributed by atoms with Gasteiger partial charge in [-0.1, -0.05) is 0 Å². The number of fused-ring (bicyclic) bond motifs is 1. The smallest absolute Gasteiger partial charge is 0.224 e. The van der Waals surface area contributed by atoms with Gasteiger partial charge in [-0.25, -0.2) is 9.97 Å². The molecule has 2 aromatic rings. The number of aliphatic hydroxyl groups is 1. The molecule has 26 heavy (non-hydrogen) atoms. The van der Waals surface area contributed by atoms with E-state index in [1.54, 1.807) is 6.33 Å². The third-order valence-electron chi connectivity index (χ3n) is 5.47. The highest BCUT2D eigenvalue weighted by Gasteiger charge is 2.36. The van der Waals surface area contributed by atoms with Crippen LogP contribution in [0.4, 0.5) is 5.69 Å². The number of piperazine rings is 1. The highest BCUT2D eigenvalue weighted by atomic mass is 16.5. The molecular formula is C20H28N4O2. The van der Waals surface area contributed by atoms with Crippen LogP contribution < -0.4 is 9.64 Å². The normalized spacial score (nSPS) is 20.4. The lowest BCUT2D eigenvalue weighted by Crippen LogP contribution is -2.54. The maximum absolute atomic E-state index is 10.4. The van der Waals surface area contributed by atoms with Gasteiger partial charge in [0, 0.05) is 38.4 Å². The van der Waals surface area contributed by atoms with Crippen LogP contribution in [0.15, 0.2) is 24.5 Å². The molecule has 1 aromatic carbocycles. The molecule has 2 fully saturated rings. The van der Waals surface area contributed by atoms with E-state index < -0.39 is 5.60 Å². The second-order valence-corrected chi connectivity index (χ2v) is 7.89. The van der Waals surface area contributed by atoms with Crippen LogP contribution in [-0.2, 0) is 0 Å². The van der Waals surface area contributed by atoms with Gasteiger partial charge in [-0.05, 0) is 51.3 Å². The van der Waals surface area contributed by atoms with E-state index in [1.165, 1.54) is 5.69 Å². The predicted molar refractivity (Wildman–Crippen MR) is 103 cm³/mol. The zero-order valence-electron chi connectivity index (χ0n) is 15.7. The Hall–Kier alpha value is -1.92. The number of ether oxygens (including phenoxy) is 1. The molecule has 1 saturated carbocycles. The molecule has 1 aliphatic heterocycles. The van der Waals surface area contributed by atoms with Gasteiger partial charge in [-0.3, -0.25) is 4.90 Å². The summed E-state index contributed by atoms with van der Waals surface area (Å²) in [4.78, 5) is 13.5. The summed E-state index contributed by atoms with van der Waals surface area (Å²) < 4.78 is 5.85. The average molecular weight is 356 g/mol. The summed E-state index contributed by atoms with van der Waals surface area (Å²) in [5.74, 6) is 0.651. The van der Waals surface area contributed by atoms with Crippen LogP contribution in [0.1, 0.15) is 33.1 Å². The lowest BCUT2D eigenvalue weighted by Gasteiger charge is -2.44. The Morgan fingerprint density at radius 3 is 2.58 bits per heavy atom. The first kappa shape index (κ1) is 17.5. The molecule has 0 spiro atoms. The minimum atomic E-state index is -0.425. The molecule has 4 rings (SSSR count). The number of hydrogen-bond donors (Lipinski definition) is 1. The first-order valence-electron chi connectivity index (χ1n) is 9.64. The zero-order chi connectivity index (χ0) is 18.1. The fourth-order valence-electron chi connectivity index (χ4n) is 3.86. The van der Waals surface area contributed by atoms with E-state index >= 15 is 0 Å². The van der Waals surface area contributed by atoms with Crippen LogP contribution in [0, 0.1) is 0 Å². The van der Waals surface area contributed by atoms with E-state index in [4.69, 9.17) is 4.74 Å². The van der Waals surface area contributed by atoms with E-state index in [2.05, 4.69) is 31.9 Å². The van der Waals surface area contributed by atoms with Gasteiger partial charge in [0.05, 0.1) is 22.6 Å². The van der Waals surface area contributed by atoms with E-state index in [-0.39, 0.29) is 6.10 Å². The molecule has 6 heteroatoms. The van der Waals surface area contributed by atoms with Crippen LogP contribution in [0.2, 0.25) is 0 Å². The van der Waals surface area contributed by atoms with E-state index in [0.29, 0.717) is 5.88 Å². The van der Waals surface area contributed by atoms with Gasteiger partial charge < -0.3 is 14.7 Å². The average Bonchev–Trinajstić information content (AvgIpc) is 2.61. The summed E-state index contributed by atoms with van der Waals surface area (Å²) in [7, 11) is 0. The first-order chi connectivity index (χ1) is 12.5. The van der Waals surface area contributed by atoms with Crippen LogP contribution in [0.5, 0.6) is 5.88 Å². The van der Waals surface area contributed by atoms with Crippen LogP contribution in [0.3, 0.4) is 0 Å². The van der Waals surface area contributed by atoms with Gasteiger partial charge in [0.2, 0.25) is 5.88 Å². The van der Waals surface area contributed by atoms with Gasteiger partial charge >= 0.3 is 0 Å². The molecule has 0 radical (unpaired) electrons. The van der Waals surface area contributed by atoms with Crippen molar-refractivity contribution in [2.75, 3.05) is 37.6 Å². The zero-order valence-corrected chi connectivity index (χ0v) is 15.7. The molecule has 6 nitrogen and oxygen atoms in total. The molecule has 1 aliphatic carbocycles. The van der Waals surface area contributed by atoms with E-state index in [0.717, 1.165) is 62.9 Å². The Morgan fingerprint density at radius 1 is 1.15 bits per heavy atom. The molecule has 1 aromatic heterocycles. The topological polar surface area (TPSA) is 61.7 Å². The van der Waals surface area contributed by atoms with Crippen LogP contribution in [-0.4, -0.2) is 64.4 Å². The molecule has 1 N–H and O–H groups in total. The predicted octanol–water partition coefficient (Wildman–Crippen LogP) is 2.45. The van der Waals surface area contributed by atoms with Crippen molar-refractivity contribution >= 4 is 16.6 Å². The van der Waals surface area contributed by atoms with Crippen LogP contribution >= 0.6 is 0 Å². The van der Waals surface area contributed by atoms with Gasteiger partial charge in [-0.2, -0.15) is 0 Å². The van der Waals surface area contributed by atoms with Crippen molar-refractivity contribution in [3.63, 3.8) is 0 Å². The third-order valence-corrected chi connectivity index (χ3v) is 5.47. The number of rotatable bonds is 5. The number of aromatic nitrogens is 2. The van der Waals surface area contributed by atoms with E-state index in [9.17, 15) is 5.11 Å². The number of anilines is 1. The Balaban J connectivity index is 1.47. The highest BCUT2D eigenvalue weighted by Crippen LogP contribution is 2.33. The molecule has 0 atom stereocenters. The summed E-state index contributed by atoms with van der Waals surface area (Å²) in [6.07, 6.45) is 4.71. The summed E-state index contributed by atoms with van der Waals surface area (Å²) >= 11 is 0. The summed E-state index contributed by atoms with van der Waals surface area (Å²) in [5, 5.41) is 11.3. The number of β-amino-alcohol motifs (C(OH)–C–C–N with tert-alkyl or cyclic N) is 1. The largest absolute Gasteiger partial charge is 0.474 e. The summed E-state index contributed by atoms with van der Waals surface area (Å²) in [6, 6.07) is 6.31. The lowest BCUT2D eigenvalue weighted by molar-refractivity contribution is -0.0594. The van der Waals surface area contributed by atoms with Gasteiger partial charge in [0.1, 0.15) is 6.33 Å². The van der Waals surface area contributed by atoms with Crippen molar-refractivity contribution in [1.82, 2.24) is 14.9 Å². The fourth-order valence-corrected chi connectivity index (χ4v) is 3.86. The van der Waals surface area contributed by atoms with Crippen molar-refractivity contribution in [1.29, 1.82) is 0 Å². The quantitative estimate of drug-likeness (QED) is 0.888. The molecule has 1 saturated heterocycles. The Morgan fingerprint density at radius 2 is 1.92 bits per heavy atom. The number of hydrogen-bond acceptors (Lipinski definition) is 6. The minimum Gasteiger partial charge on any atom is -0.474 e. The summed E-state index contributed by atoms with van der Waals surface area (Å²) in [5.41, 5.74) is 1.67. The summed E-state index contributed by atoms with van der Waals surface area (Å²) in [6.45, 7) is 8.74. The Bertz CT molecular complexity index is 767. The van der Waals surface area contributed by atoms with Crippen molar-refractivity contribution in [3.8, 4) is 5.88 Å². The maximum Gasteiger partial charge on any atom is 0.224 e. The van der Waals surface area contributed by atoms with Crippen molar-refractivity contribution in [2.24, 2.45) is 0 Å². The van der Waals surface area contributed by atoms with Crippen LogP contribution in [0.25, 0.3) is 10.9 Å². The van der Waals surface area contributed by atoms with Crippen molar-refractivity contribution < 1.29 is 9.84 Å². The van der Waals surface area contributed by atoms with E-state index in [1.807, 2.05) is 19.9 Å². The molecule has 0 unspecified atom stereocenters. The van der Waals surface area contributed by atoms with Gasteiger partial charge in [0.25, 0.3) is 0 Å². The first-order valence-corrected chi connectivity index (χ1v) is 9.64. The molecular weight excluding hydrogens is 328 g/mol. The Kier molecular flexibility index (Phi) is 4.71. The molecule has 0 amide bonds. The van der Waals surface area contributed by atoms with Crippen molar-refractivity contribution in [3.05, 3.63) is 24.5 Å². The fraction of sp³-hybridized carbons (Fsp3) is 0.600. The van der Waals surface area contributed by atoms with Gasteiger partial charge in [-0.15, -0.1) is 0 Å². The second-order valence-electron chi connectivity index (χ2n) is 7.89. The maximum atomic E-state index is 10.4. The van der Waals surface area contributed by atoms with Gasteiger partial charge in [0.15, 0.2) is 0 Å². The molecule has 0 bridgehead atoms. The molecule has 140 valence electrons. The number of nitrogens with zero attached hydrogens (tertiary/aromatic N) is 4. The molecule has 2 heterocycles. The second kappa shape index (κ2) is 7.00. The number of benzene rings is 1. The standard InChI is InChI=1S/C20H28N4O2/c1-15(2)26-19-17-12-16(4-5-18(17)21-14-22-19)24-10-8-23(9-11-24)13-20(25)6-3-7-20/h4-5,12,14-15,25H,3,6-11,13H2,1-2H3. The SMILES string of the molecule is CC(C)Oc1ncnc2ccc(N3CCN(CC4(O)CCC4)CC3)cc12. The molecule has 2 aliphatic rings. The third kappa shape index (κ3) is 3.62.